The lowest BCUT2D eigenvalue weighted by atomic mass is 9.88. The molecule has 3 heteroatoms. The van der Waals surface area contributed by atoms with Gasteiger partial charge in [-0.15, -0.1) is 0 Å². The predicted octanol–water partition coefficient (Wildman–Crippen LogP) is 5.68. The second-order valence-electron chi connectivity index (χ2n) is 6.51. The van der Waals surface area contributed by atoms with Crippen LogP contribution in [-0.4, -0.2) is 5.97 Å². The Kier molecular flexibility index (Phi) is 3.65. The molecule has 0 aromatic heterocycles. The number of carbonyl (C=O) groups is 1. The van der Waals surface area contributed by atoms with Crippen LogP contribution in [0.15, 0.2) is 91.0 Å². The quantitative estimate of drug-likeness (QED) is 0.344. The first kappa shape index (κ1) is 15.6. The summed E-state index contributed by atoms with van der Waals surface area (Å²) in [7, 11) is 0. The van der Waals surface area contributed by atoms with Gasteiger partial charge in [0.1, 0.15) is 23.2 Å². The lowest BCUT2D eigenvalue weighted by molar-refractivity contribution is -0.135. The number of esters is 1. The van der Waals surface area contributed by atoms with Gasteiger partial charge in [0.2, 0.25) is 0 Å². The van der Waals surface area contributed by atoms with E-state index in [9.17, 15) is 4.79 Å². The monoisotopic (exact) mass is 352 g/mol. The molecule has 1 aliphatic rings. The number of ether oxygens (including phenoxy) is 2. The Bertz CT molecular complexity index is 1110. The van der Waals surface area contributed by atoms with Crippen LogP contribution < -0.4 is 9.47 Å². The van der Waals surface area contributed by atoms with Crippen molar-refractivity contribution in [2.24, 2.45) is 0 Å². The Hall–Kier alpha value is -3.59. The molecule has 1 heterocycles. The third-order valence-electron chi connectivity index (χ3n) is 4.88. The van der Waals surface area contributed by atoms with E-state index in [1.807, 2.05) is 91.0 Å². The van der Waals surface area contributed by atoms with Gasteiger partial charge in [-0.1, -0.05) is 72.8 Å². The highest BCUT2D eigenvalue weighted by atomic mass is 16.5. The number of hydrogen-bond acceptors (Lipinski definition) is 3. The molecule has 0 atom stereocenters. The fraction of sp³-hybridized carbons (Fsp3) is 0.0417. The van der Waals surface area contributed by atoms with Crippen molar-refractivity contribution in [1.82, 2.24) is 0 Å². The highest BCUT2D eigenvalue weighted by molar-refractivity contribution is 5.93. The number of para-hydroxylation sites is 2. The molecular formula is C24H16O3. The largest absolute Gasteiger partial charge is 0.457 e. The van der Waals surface area contributed by atoms with Crippen molar-refractivity contribution in [2.75, 3.05) is 0 Å². The SMILES string of the molecule is O=C(Oc1cccc2ccccc12)C1c2ccccc2Oc2ccccc21. The van der Waals surface area contributed by atoms with E-state index < -0.39 is 5.92 Å². The molecule has 130 valence electrons. The summed E-state index contributed by atoms with van der Waals surface area (Å²) in [5.74, 6) is 1.12. The highest BCUT2D eigenvalue weighted by Crippen LogP contribution is 2.44. The van der Waals surface area contributed by atoms with Crippen molar-refractivity contribution in [3.8, 4) is 17.2 Å². The molecular weight excluding hydrogens is 336 g/mol. The van der Waals surface area contributed by atoms with Gasteiger partial charge in [-0.3, -0.25) is 4.79 Å². The molecule has 4 aromatic rings. The third-order valence-corrected chi connectivity index (χ3v) is 4.88. The molecule has 0 spiro atoms. The van der Waals surface area contributed by atoms with Crippen LogP contribution in [-0.2, 0) is 4.79 Å². The zero-order chi connectivity index (χ0) is 18.2. The number of rotatable bonds is 2. The first-order valence-corrected chi connectivity index (χ1v) is 8.86. The molecule has 0 saturated heterocycles. The minimum Gasteiger partial charge on any atom is -0.457 e. The molecule has 0 N–H and O–H groups in total. The van der Waals surface area contributed by atoms with E-state index >= 15 is 0 Å². The first-order chi connectivity index (χ1) is 13.3. The summed E-state index contributed by atoms with van der Waals surface area (Å²) in [6.45, 7) is 0. The first-order valence-electron chi connectivity index (χ1n) is 8.86. The van der Waals surface area contributed by atoms with Gasteiger partial charge in [0, 0.05) is 16.5 Å². The molecule has 4 aromatic carbocycles. The smallest absolute Gasteiger partial charge is 0.323 e. The molecule has 0 saturated carbocycles. The van der Waals surface area contributed by atoms with Crippen LogP contribution in [0, 0.1) is 0 Å². The van der Waals surface area contributed by atoms with Crippen molar-refractivity contribution < 1.29 is 14.3 Å². The van der Waals surface area contributed by atoms with Crippen LogP contribution in [0.5, 0.6) is 17.2 Å². The van der Waals surface area contributed by atoms with Crippen LogP contribution in [0.1, 0.15) is 17.0 Å². The van der Waals surface area contributed by atoms with E-state index in [1.165, 1.54) is 0 Å². The number of carbonyl (C=O) groups excluding carboxylic acids is 1. The van der Waals surface area contributed by atoms with Crippen molar-refractivity contribution in [3.63, 3.8) is 0 Å². The molecule has 0 amide bonds. The van der Waals surface area contributed by atoms with Crippen LogP contribution in [0.25, 0.3) is 10.8 Å². The van der Waals surface area contributed by atoms with E-state index in [1.54, 1.807) is 0 Å². The van der Waals surface area contributed by atoms with Crippen LogP contribution in [0.3, 0.4) is 0 Å². The maximum Gasteiger partial charge on any atom is 0.323 e. The van der Waals surface area contributed by atoms with E-state index in [0.717, 1.165) is 21.9 Å². The van der Waals surface area contributed by atoms with E-state index in [2.05, 4.69) is 0 Å². The second-order valence-corrected chi connectivity index (χ2v) is 6.51. The van der Waals surface area contributed by atoms with Gasteiger partial charge in [0.15, 0.2) is 0 Å². The Morgan fingerprint density at radius 3 is 2.04 bits per heavy atom. The van der Waals surface area contributed by atoms with Gasteiger partial charge in [0.25, 0.3) is 0 Å². The summed E-state index contributed by atoms with van der Waals surface area (Å²) < 4.78 is 11.9. The predicted molar refractivity (Wildman–Crippen MR) is 104 cm³/mol. The van der Waals surface area contributed by atoms with Gasteiger partial charge < -0.3 is 9.47 Å². The van der Waals surface area contributed by atoms with Gasteiger partial charge in [-0.25, -0.2) is 0 Å². The zero-order valence-corrected chi connectivity index (χ0v) is 14.5. The molecule has 1 aliphatic heterocycles. The molecule has 0 unspecified atom stereocenters. The summed E-state index contributed by atoms with van der Waals surface area (Å²) in [6.07, 6.45) is 0. The van der Waals surface area contributed by atoms with Crippen LogP contribution >= 0.6 is 0 Å². The lowest BCUT2D eigenvalue weighted by Gasteiger charge is -2.26. The van der Waals surface area contributed by atoms with E-state index in [4.69, 9.17) is 9.47 Å². The van der Waals surface area contributed by atoms with Gasteiger partial charge >= 0.3 is 5.97 Å². The Labute approximate surface area is 156 Å². The van der Waals surface area contributed by atoms with Crippen molar-refractivity contribution in [1.29, 1.82) is 0 Å². The van der Waals surface area contributed by atoms with Gasteiger partial charge in [-0.05, 0) is 23.6 Å². The maximum absolute atomic E-state index is 13.3. The lowest BCUT2D eigenvalue weighted by Crippen LogP contribution is -2.23. The second kappa shape index (κ2) is 6.29. The molecule has 5 rings (SSSR count). The van der Waals surface area contributed by atoms with Gasteiger partial charge in [-0.2, -0.15) is 0 Å². The minimum atomic E-state index is -0.523. The molecule has 3 nitrogen and oxygen atoms in total. The van der Waals surface area contributed by atoms with Crippen molar-refractivity contribution in [2.45, 2.75) is 5.92 Å². The minimum absolute atomic E-state index is 0.311. The number of fused-ring (bicyclic) bond motifs is 3. The number of hydrogen-bond donors (Lipinski definition) is 0. The Morgan fingerprint density at radius 2 is 1.30 bits per heavy atom. The highest BCUT2D eigenvalue weighted by Gasteiger charge is 2.34. The summed E-state index contributed by atoms with van der Waals surface area (Å²) in [5, 5.41) is 1.96. The van der Waals surface area contributed by atoms with E-state index in [0.29, 0.717) is 17.2 Å². The van der Waals surface area contributed by atoms with Crippen LogP contribution in [0.4, 0.5) is 0 Å². The summed E-state index contributed by atoms with van der Waals surface area (Å²) >= 11 is 0. The zero-order valence-electron chi connectivity index (χ0n) is 14.5. The number of benzene rings is 4. The van der Waals surface area contributed by atoms with Gasteiger partial charge in [0.05, 0.1) is 0 Å². The average Bonchev–Trinajstić information content (AvgIpc) is 2.72. The fourth-order valence-corrected chi connectivity index (χ4v) is 3.62. The van der Waals surface area contributed by atoms with Crippen molar-refractivity contribution >= 4 is 16.7 Å². The standard InChI is InChI=1S/C24H16O3/c25-24(27-20-15-7-9-16-8-1-2-10-17(16)20)23-18-11-3-5-13-21(18)26-22-14-6-4-12-19(22)23/h1-15,23H. The molecule has 0 fully saturated rings. The maximum atomic E-state index is 13.3. The molecule has 27 heavy (non-hydrogen) atoms. The molecule has 0 bridgehead atoms. The fourth-order valence-electron chi connectivity index (χ4n) is 3.62. The Balaban J connectivity index is 1.59. The average molecular weight is 352 g/mol. The van der Waals surface area contributed by atoms with Crippen molar-refractivity contribution in [3.05, 3.63) is 102 Å². The molecule has 0 aliphatic carbocycles. The summed E-state index contributed by atoms with van der Waals surface area (Å²) in [5.41, 5.74) is 1.64. The van der Waals surface area contributed by atoms with Crippen LogP contribution in [0.2, 0.25) is 0 Å². The normalized spacial score (nSPS) is 12.7. The summed E-state index contributed by atoms with van der Waals surface area (Å²) in [6, 6.07) is 28.8. The topological polar surface area (TPSA) is 35.5 Å². The summed E-state index contributed by atoms with van der Waals surface area (Å²) in [4.78, 5) is 13.3. The van der Waals surface area contributed by atoms with E-state index in [-0.39, 0.29) is 5.97 Å². The third kappa shape index (κ3) is 2.64. The molecule has 0 radical (unpaired) electrons. The Morgan fingerprint density at radius 1 is 0.704 bits per heavy atom.